The van der Waals surface area contributed by atoms with Crippen LogP contribution in [0.1, 0.15) is 47.3 Å². The molecule has 1 aromatic carbocycles. The standard InChI is InChI=1S/C26H26F2N4O2/c27-22-11-10-18(15-23(22)28)17-32-14-6-9-21(26(32)34)25(33)30-12-4-2-1-3-8-20-16-19-7-5-13-29-24(19)31-20/h5-7,9-11,13-16H,1-4,8,12,17H2,(H,29,31)(H,30,33). The first-order chi connectivity index (χ1) is 16.5. The van der Waals surface area contributed by atoms with Crippen molar-refractivity contribution in [3.63, 3.8) is 0 Å². The Morgan fingerprint density at radius 3 is 2.68 bits per heavy atom. The molecule has 0 radical (unpaired) electrons. The molecular weight excluding hydrogens is 438 g/mol. The molecule has 0 atom stereocenters. The average Bonchev–Trinajstić information content (AvgIpc) is 3.25. The predicted octanol–water partition coefficient (Wildman–Crippen LogP) is 4.58. The number of aromatic nitrogens is 3. The van der Waals surface area contributed by atoms with Crippen molar-refractivity contribution < 1.29 is 13.6 Å². The van der Waals surface area contributed by atoms with E-state index in [0.29, 0.717) is 12.1 Å². The molecule has 4 rings (SSSR count). The number of hydrogen-bond donors (Lipinski definition) is 2. The highest BCUT2D eigenvalue weighted by Crippen LogP contribution is 2.15. The zero-order chi connectivity index (χ0) is 23.9. The van der Waals surface area contributed by atoms with E-state index in [1.54, 1.807) is 12.3 Å². The Morgan fingerprint density at radius 1 is 1.00 bits per heavy atom. The molecule has 3 aromatic heterocycles. The number of aryl methyl sites for hydroxylation is 1. The normalized spacial score (nSPS) is 11.1. The Balaban J connectivity index is 1.21. The van der Waals surface area contributed by atoms with Crippen molar-refractivity contribution >= 4 is 16.9 Å². The molecule has 0 spiro atoms. The number of halogens is 2. The van der Waals surface area contributed by atoms with Gasteiger partial charge in [-0.3, -0.25) is 9.59 Å². The molecule has 34 heavy (non-hydrogen) atoms. The van der Waals surface area contributed by atoms with Crippen LogP contribution in [0, 0.1) is 11.6 Å². The van der Waals surface area contributed by atoms with Gasteiger partial charge in [0.25, 0.3) is 11.5 Å². The molecule has 2 N–H and O–H groups in total. The summed E-state index contributed by atoms with van der Waals surface area (Å²) in [6.45, 7) is 0.524. The Labute approximate surface area is 195 Å². The molecule has 4 aromatic rings. The van der Waals surface area contributed by atoms with E-state index in [0.717, 1.165) is 55.3 Å². The lowest BCUT2D eigenvalue weighted by atomic mass is 10.1. The van der Waals surface area contributed by atoms with E-state index in [2.05, 4.69) is 21.4 Å². The fourth-order valence-corrected chi connectivity index (χ4v) is 3.91. The van der Waals surface area contributed by atoms with Gasteiger partial charge in [-0.15, -0.1) is 0 Å². The highest BCUT2D eigenvalue weighted by Gasteiger charge is 2.12. The van der Waals surface area contributed by atoms with Crippen molar-refractivity contribution in [1.29, 1.82) is 0 Å². The largest absolute Gasteiger partial charge is 0.352 e. The number of H-pyrrole nitrogens is 1. The van der Waals surface area contributed by atoms with Gasteiger partial charge in [-0.05, 0) is 67.3 Å². The molecule has 0 unspecified atom stereocenters. The molecule has 176 valence electrons. The number of amides is 1. The lowest BCUT2D eigenvalue weighted by Crippen LogP contribution is -2.33. The third kappa shape index (κ3) is 5.75. The van der Waals surface area contributed by atoms with Crippen LogP contribution in [0.25, 0.3) is 11.0 Å². The van der Waals surface area contributed by atoms with Crippen molar-refractivity contribution in [1.82, 2.24) is 19.9 Å². The highest BCUT2D eigenvalue weighted by molar-refractivity contribution is 5.93. The summed E-state index contributed by atoms with van der Waals surface area (Å²) in [6, 6.07) is 12.6. The molecule has 0 fully saturated rings. The average molecular weight is 465 g/mol. The summed E-state index contributed by atoms with van der Waals surface area (Å²) in [5.74, 6) is -2.35. The maximum atomic E-state index is 13.4. The van der Waals surface area contributed by atoms with Gasteiger partial charge in [0.15, 0.2) is 11.6 Å². The third-order valence-electron chi connectivity index (χ3n) is 5.71. The second kappa shape index (κ2) is 10.9. The molecule has 0 saturated carbocycles. The number of nitrogens with zero attached hydrogens (tertiary/aromatic N) is 2. The second-order valence-electron chi connectivity index (χ2n) is 8.26. The lowest BCUT2D eigenvalue weighted by molar-refractivity contribution is 0.0951. The van der Waals surface area contributed by atoms with Crippen LogP contribution in [0.15, 0.2) is 65.7 Å². The van der Waals surface area contributed by atoms with Gasteiger partial charge in [-0.25, -0.2) is 13.8 Å². The van der Waals surface area contributed by atoms with Crippen LogP contribution in [0.4, 0.5) is 8.78 Å². The van der Waals surface area contributed by atoms with Crippen molar-refractivity contribution in [2.75, 3.05) is 6.54 Å². The predicted molar refractivity (Wildman–Crippen MR) is 127 cm³/mol. The van der Waals surface area contributed by atoms with Crippen LogP contribution in [-0.2, 0) is 13.0 Å². The van der Waals surface area contributed by atoms with Crippen LogP contribution < -0.4 is 10.9 Å². The summed E-state index contributed by atoms with van der Waals surface area (Å²) in [6.07, 6.45) is 8.09. The van der Waals surface area contributed by atoms with Gasteiger partial charge in [-0.2, -0.15) is 0 Å². The number of rotatable bonds is 10. The Kier molecular flexibility index (Phi) is 7.47. The number of hydrogen-bond acceptors (Lipinski definition) is 3. The van der Waals surface area contributed by atoms with Gasteiger partial charge in [-0.1, -0.05) is 18.9 Å². The third-order valence-corrected chi connectivity index (χ3v) is 5.71. The van der Waals surface area contributed by atoms with Crippen molar-refractivity contribution in [3.8, 4) is 0 Å². The zero-order valence-electron chi connectivity index (χ0n) is 18.7. The summed E-state index contributed by atoms with van der Waals surface area (Å²) in [7, 11) is 0. The maximum Gasteiger partial charge on any atom is 0.263 e. The number of aromatic amines is 1. The zero-order valence-corrected chi connectivity index (χ0v) is 18.7. The van der Waals surface area contributed by atoms with Crippen molar-refractivity contribution in [2.45, 2.75) is 38.6 Å². The molecule has 1 amide bonds. The molecule has 0 saturated heterocycles. The van der Waals surface area contributed by atoms with Crippen molar-refractivity contribution in [3.05, 3.63) is 99.7 Å². The fourth-order valence-electron chi connectivity index (χ4n) is 3.91. The van der Waals surface area contributed by atoms with Gasteiger partial charge < -0.3 is 14.9 Å². The highest BCUT2D eigenvalue weighted by atomic mass is 19.2. The molecule has 0 aliphatic rings. The second-order valence-corrected chi connectivity index (χ2v) is 8.26. The quantitative estimate of drug-likeness (QED) is 0.337. The first-order valence-corrected chi connectivity index (χ1v) is 11.4. The van der Waals surface area contributed by atoms with Gasteiger partial charge >= 0.3 is 0 Å². The van der Waals surface area contributed by atoms with E-state index in [1.165, 1.54) is 28.6 Å². The number of carbonyl (C=O) groups is 1. The van der Waals surface area contributed by atoms with Crippen LogP contribution in [0.5, 0.6) is 0 Å². The minimum Gasteiger partial charge on any atom is -0.352 e. The minimum absolute atomic E-state index is 0.0255. The van der Waals surface area contributed by atoms with Gasteiger partial charge in [0.1, 0.15) is 11.2 Å². The van der Waals surface area contributed by atoms with Gasteiger partial charge in [0, 0.05) is 30.0 Å². The molecule has 0 aliphatic heterocycles. The topological polar surface area (TPSA) is 79.8 Å². The Morgan fingerprint density at radius 2 is 1.85 bits per heavy atom. The van der Waals surface area contributed by atoms with E-state index in [1.807, 2.05) is 12.1 Å². The number of fused-ring (bicyclic) bond motifs is 1. The molecule has 0 aliphatic carbocycles. The molecule has 8 heteroatoms. The van der Waals surface area contributed by atoms with Crippen molar-refractivity contribution in [2.24, 2.45) is 0 Å². The first kappa shape index (κ1) is 23.4. The molecular formula is C26H26F2N4O2. The number of unbranched alkanes of at least 4 members (excludes halogenated alkanes) is 3. The van der Waals surface area contributed by atoms with E-state index < -0.39 is 23.1 Å². The van der Waals surface area contributed by atoms with Crippen LogP contribution in [0.2, 0.25) is 0 Å². The van der Waals surface area contributed by atoms with Gasteiger partial charge in [0.2, 0.25) is 0 Å². The smallest absolute Gasteiger partial charge is 0.263 e. The van der Waals surface area contributed by atoms with E-state index in [-0.39, 0.29) is 12.1 Å². The monoisotopic (exact) mass is 464 g/mol. The van der Waals surface area contributed by atoms with E-state index in [9.17, 15) is 18.4 Å². The van der Waals surface area contributed by atoms with E-state index >= 15 is 0 Å². The number of pyridine rings is 2. The summed E-state index contributed by atoms with van der Waals surface area (Å²) in [5.41, 5.74) is 2.06. The lowest BCUT2D eigenvalue weighted by Gasteiger charge is -2.09. The Hall–Kier alpha value is -3.81. The number of benzene rings is 1. The molecule has 3 heterocycles. The number of carbonyl (C=O) groups excluding carboxylic acids is 1. The summed E-state index contributed by atoms with van der Waals surface area (Å²) < 4.78 is 27.9. The SMILES string of the molecule is O=C(NCCCCCCc1cc2cccnc2[nH]1)c1cccn(Cc2ccc(F)c(F)c2)c1=O. The summed E-state index contributed by atoms with van der Waals surface area (Å²) in [4.78, 5) is 32.8. The van der Waals surface area contributed by atoms with Crippen LogP contribution in [-0.4, -0.2) is 27.0 Å². The van der Waals surface area contributed by atoms with Crippen LogP contribution in [0.3, 0.4) is 0 Å². The Bertz CT molecular complexity index is 1310. The first-order valence-electron chi connectivity index (χ1n) is 11.4. The van der Waals surface area contributed by atoms with Gasteiger partial charge in [0.05, 0.1) is 6.54 Å². The summed E-state index contributed by atoms with van der Waals surface area (Å²) >= 11 is 0. The molecule has 0 bridgehead atoms. The fraction of sp³-hybridized carbons (Fsp3) is 0.269. The number of nitrogens with one attached hydrogen (secondary N) is 2. The maximum absolute atomic E-state index is 13.4. The van der Waals surface area contributed by atoms with Crippen LogP contribution >= 0.6 is 0 Å². The summed E-state index contributed by atoms with van der Waals surface area (Å²) in [5, 5.41) is 3.91. The molecule has 6 nitrogen and oxygen atoms in total. The van der Waals surface area contributed by atoms with E-state index in [4.69, 9.17) is 0 Å². The minimum atomic E-state index is -0.974.